The Morgan fingerprint density at radius 1 is 0.769 bits per heavy atom. The number of para-hydroxylation sites is 2. The Morgan fingerprint density at radius 2 is 1.54 bits per heavy atom. The highest BCUT2D eigenvalue weighted by Crippen LogP contribution is 2.37. The van der Waals surface area contributed by atoms with E-state index < -0.39 is 0 Å². The Labute approximate surface area is 148 Å². The van der Waals surface area contributed by atoms with Gasteiger partial charge in [-0.05, 0) is 40.6 Å². The van der Waals surface area contributed by atoms with Crippen LogP contribution < -0.4 is 0 Å². The summed E-state index contributed by atoms with van der Waals surface area (Å²) >= 11 is 0. The lowest BCUT2D eigenvalue weighted by atomic mass is 9.97. The molecule has 26 heavy (non-hydrogen) atoms. The van der Waals surface area contributed by atoms with Gasteiger partial charge in [0.05, 0.1) is 10.5 Å². The van der Waals surface area contributed by atoms with Crippen LogP contribution in [-0.4, -0.2) is 4.92 Å². The maximum Gasteiger partial charge on any atom is 0.277 e. The molecule has 1 heterocycles. The van der Waals surface area contributed by atoms with Gasteiger partial charge in [-0.2, -0.15) is 0 Å². The van der Waals surface area contributed by atoms with Crippen LogP contribution in [0.2, 0.25) is 0 Å². The molecule has 5 rings (SSSR count). The van der Waals surface area contributed by atoms with Crippen molar-refractivity contribution in [2.45, 2.75) is 0 Å². The van der Waals surface area contributed by atoms with Crippen LogP contribution >= 0.6 is 0 Å². The Bertz CT molecular complexity index is 1320. The maximum absolute atomic E-state index is 11.4. The van der Waals surface area contributed by atoms with Crippen molar-refractivity contribution in [3.8, 4) is 11.1 Å². The van der Waals surface area contributed by atoms with Crippen molar-refractivity contribution in [2.75, 3.05) is 0 Å². The molecule has 0 aliphatic rings. The van der Waals surface area contributed by atoms with E-state index in [1.807, 2.05) is 60.7 Å². The van der Waals surface area contributed by atoms with Gasteiger partial charge in [0.2, 0.25) is 0 Å². The second-order valence-corrected chi connectivity index (χ2v) is 6.25. The molecule has 0 unspecified atom stereocenters. The first-order chi connectivity index (χ1) is 12.7. The molecule has 0 saturated carbocycles. The highest BCUT2D eigenvalue weighted by Gasteiger charge is 2.16. The predicted octanol–water partition coefficient (Wildman–Crippen LogP) is 6.31. The Kier molecular flexibility index (Phi) is 3.06. The third-order valence-electron chi connectivity index (χ3n) is 4.77. The van der Waals surface area contributed by atoms with Gasteiger partial charge in [0.15, 0.2) is 0 Å². The summed E-state index contributed by atoms with van der Waals surface area (Å²) in [5, 5.41) is 15.6. The van der Waals surface area contributed by atoms with Gasteiger partial charge in [-0.1, -0.05) is 48.5 Å². The van der Waals surface area contributed by atoms with Crippen LogP contribution in [-0.2, 0) is 0 Å². The molecular weight excluding hydrogens is 326 g/mol. The predicted molar refractivity (Wildman–Crippen MR) is 103 cm³/mol. The lowest BCUT2D eigenvalue weighted by molar-refractivity contribution is -0.384. The Morgan fingerprint density at radius 3 is 2.42 bits per heavy atom. The number of nitrogens with zero attached hydrogens (tertiary/aromatic N) is 1. The number of rotatable bonds is 2. The van der Waals surface area contributed by atoms with Crippen molar-refractivity contribution < 1.29 is 9.34 Å². The third kappa shape index (κ3) is 2.09. The molecule has 0 N–H and O–H groups in total. The summed E-state index contributed by atoms with van der Waals surface area (Å²) in [5.41, 5.74) is 3.20. The summed E-state index contributed by atoms with van der Waals surface area (Å²) in [6, 6.07) is 24.7. The minimum atomic E-state index is -0.340. The first-order valence-electron chi connectivity index (χ1n) is 8.30. The summed E-state index contributed by atoms with van der Waals surface area (Å²) < 4.78 is 5.96. The van der Waals surface area contributed by atoms with Crippen molar-refractivity contribution in [3.63, 3.8) is 0 Å². The van der Waals surface area contributed by atoms with E-state index in [9.17, 15) is 10.1 Å². The zero-order valence-electron chi connectivity index (χ0n) is 13.7. The monoisotopic (exact) mass is 339 g/mol. The number of fused-ring (bicyclic) bond motifs is 5. The first kappa shape index (κ1) is 14.7. The largest absolute Gasteiger partial charge is 0.456 e. The van der Waals surface area contributed by atoms with Crippen molar-refractivity contribution in [1.82, 2.24) is 0 Å². The van der Waals surface area contributed by atoms with Crippen LogP contribution in [0.1, 0.15) is 0 Å². The molecule has 124 valence electrons. The molecule has 0 saturated heterocycles. The lowest BCUT2D eigenvalue weighted by Crippen LogP contribution is -1.91. The van der Waals surface area contributed by atoms with E-state index in [0.717, 1.165) is 38.3 Å². The summed E-state index contributed by atoms with van der Waals surface area (Å²) in [5.74, 6) is 0. The van der Waals surface area contributed by atoms with Crippen molar-refractivity contribution in [2.24, 2.45) is 0 Å². The standard InChI is InChI=1S/C22H13NO3/c24-23(25)19-7-3-1-5-16(19)15-10-9-14-11-12-21-22(18(14)13-15)17-6-2-4-8-20(17)26-21/h1-13H. The molecular formula is C22H13NO3. The minimum Gasteiger partial charge on any atom is -0.456 e. The van der Waals surface area contributed by atoms with Gasteiger partial charge in [0.1, 0.15) is 11.2 Å². The number of hydrogen-bond acceptors (Lipinski definition) is 3. The van der Waals surface area contributed by atoms with E-state index in [1.165, 1.54) is 6.07 Å². The second kappa shape index (κ2) is 5.43. The van der Waals surface area contributed by atoms with E-state index in [0.29, 0.717) is 5.56 Å². The minimum absolute atomic E-state index is 0.107. The van der Waals surface area contributed by atoms with Gasteiger partial charge in [-0.3, -0.25) is 10.1 Å². The van der Waals surface area contributed by atoms with Crippen LogP contribution in [0.15, 0.2) is 83.3 Å². The maximum atomic E-state index is 11.4. The lowest BCUT2D eigenvalue weighted by Gasteiger charge is -2.06. The van der Waals surface area contributed by atoms with E-state index in [4.69, 9.17) is 4.42 Å². The number of hydrogen-bond donors (Lipinski definition) is 0. The van der Waals surface area contributed by atoms with Gasteiger partial charge >= 0.3 is 0 Å². The third-order valence-corrected chi connectivity index (χ3v) is 4.77. The highest BCUT2D eigenvalue weighted by atomic mass is 16.6. The molecule has 4 heteroatoms. The topological polar surface area (TPSA) is 56.3 Å². The van der Waals surface area contributed by atoms with Crippen LogP contribution in [0.4, 0.5) is 5.69 Å². The molecule has 0 radical (unpaired) electrons. The van der Waals surface area contributed by atoms with Crippen LogP contribution in [0, 0.1) is 10.1 Å². The highest BCUT2D eigenvalue weighted by molar-refractivity contribution is 6.19. The van der Waals surface area contributed by atoms with Crippen molar-refractivity contribution in [3.05, 3.63) is 89.0 Å². The average molecular weight is 339 g/mol. The van der Waals surface area contributed by atoms with Gasteiger partial charge in [-0.15, -0.1) is 0 Å². The zero-order chi connectivity index (χ0) is 17.7. The smallest absolute Gasteiger partial charge is 0.277 e. The fourth-order valence-electron chi connectivity index (χ4n) is 3.59. The molecule has 1 aromatic heterocycles. The number of nitro groups is 1. The normalized spacial score (nSPS) is 11.4. The summed E-state index contributed by atoms with van der Waals surface area (Å²) in [6.45, 7) is 0. The van der Waals surface area contributed by atoms with Crippen LogP contribution in [0.25, 0.3) is 43.8 Å². The first-order valence-corrected chi connectivity index (χ1v) is 8.30. The quantitative estimate of drug-likeness (QED) is 0.279. The number of benzene rings is 4. The average Bonchev–Trinajstić information content (AvgIpc) is 3.06. The van der Waals surface area contributed by atoms with Crippen molar-refractivity contribution in [1.29, 1.82) is 0 Å². The SMILES string of the molecule is O=[N+]([O-])c1ccccc1-c1ccc2ccc3oc4ccccc4c3c2c1. The molecule has 0 amide bonds. The number of furan rings is 1. The molecule has 4 aromatic carbocycles. The zero-order valence-corrected chi connectivity index (χ0v) is 13.7. The molecule has 0 fully saturated rings. The van der Waals surface area contributed by atoms with E-state index in [2.05, 4.69) is 0 Å². The fourth-order valence-corrected chi connectivity index (χ4v) is 3.59. The van der Waals surface area contributed by atoms with Gasteiger partial charge in [0, 0.05) is 16.8 Å². The van der Waals surface area contributed by atoms with E-state index >= 15 is 0 Å². The Hall–Kier alpha value is -3.66. The molecule has 4 nitrogen and oxygen atoms in total. The summed E-state index contributed by atoms with van der Waals surface area (Å²) in [7, 11) is 0. The molecule has 0 bridgehead atoms. The summed E-state index contributed by atoms with van der Waals surface area (Å²) in [4.78, 5) is 11.1. The van der Waals surface area contributed by atoms with E-state index in [-0.39, 0.29) is 10.6 Å². The van der Waals surface area contributed by atoms with Gasteiger partial charge in [-0.25, -0.2) is 0 Å². The second-order valence-electron chi connectivity index (χ2n) is 6.25. The molecule has 0 aliphatic heterocycles. The van der Waals surface area contributed by atoms with Crippen LogP contribution in [0.3, 0.4) is 0 Å². The van der Waals surface area contributed by atoms with Gasteiger partial charge < -0.3 is 4.42 Å². The number of nitro benzene ring substituents is 1. The fraction of sp³-hybridized carbons (Fsp3) is 0. The van der Waals surface area contributed by atoms with Crippen LogP contribution in [0.5, 0.6) is 0 Å². The Balaban J connectivity index is 1.87. The molecule has 0 atom stereocenters. The molecule has 0 spiro atoms. The molecule has 0 aliphatic carbocycles. The van der Waals surface area contributed by atoms with E-state index in [1.54, 1.807) is 12.1 Å². The molecule has 5 aromatic rings. The van der Waals surface area contributed by atoms with Gasteiger partial charge in [0.25, 0.3) is 5.69 Å². The summed E-state index contributed by atoms with van der Waals surface area (Å²) in [6.07, 6.45) is 0. The van der Waals surface area contributed by atoms with Crippen molar-refractivity contribution >= 4 is 38.4 Å².